The van der Waals surface area contributed by atoms with Gasteiger partial charge in [0.15, 0.2) is 0 Å². The number of imidazole rings is 1. The van der Waals surface area contributed by atoms with Crippen LogP contribution in [-0.4, -0.2) is 15.6 Å². The number of hydrogen-bond donors (Lipinski definition) is 1. The van der Waals surface area contributed by atoms with Gasteiger partial charge in [0.2, 0.25) is 0 Å². The van der Waals surface area contributed by atoms with Crippen molar-refractivity contribution in [2.24, 2.45) is 0 Å². The van der Waals surface area contributed by atoms with E-state index in [1.54, 1.807) is 6.20 Å². The highest BCUT2D eigenvalue weighted by Crippen LogP contribution is 2.46. The lowest BCUT2D eigenvalue weighted by atomic mass is 10.0. The topological polar surface area (TPSA) is 29.9 Å². The Bertz CT molecular complexity index is 626. The van der Waals surface area contributed by atoms with Gasteiger partial charge in [-0.3, -0.25) is 0 Å². The molecule has 5 heteroatoms. The van der Waals surface area contributed by atoms with Crippen LogP contribution in [0.25, 0.3) is 0 Å². The van der Waals surface area contributed by atoms with E-state index < -0.39 is 11.6 Å². The minimum atomic E-state index is -0.517. The summed E-state index contributed by atoms with van der Waals surface area (Å²) in [6.45, 7) is 4.82. The van der Waals surface area contributed by atoms with Crippen LogP contribution in [0.4, 0.5) is 8.78 Å². The number of nitrogens with zero attached hydrogens (tertiary/aromatic N) is 2. The van der Waals surface area contributed by atoms with Crippen LogP contribution < -0.4 is 5.32 Å². The summed E-state index contributed by atoms with van der Waals surface area (Å²) in [6.07, 6.45) is 5.53. The summed E-state index contributed by atoms with van der Waals surface area (Å²) < 4.78 is 28.9. The largest absolute Gasteiger partial charge is 0.334 e. The molecular formula is C16H19F2N3. The first-order valence-corrected chi connectivity index (χ1v) is 7.20. The first kappa shape index (κ1) is 14.2. The molecule has 1 saturated carbocycles. The monoisotopic (exact) mass is 291 g/mol. The smallest absolute Gasteiger partial charge is 0.126 e. The predicted octanol–water partition coefficient (Wildman–Crippen LogP) is 3.14. The van der Waals surface area contributed by atoms with Crippen LogP contribution in [-0.2, 0) is 12.1 Å². The quantitative estimate of drug-likeness (QED) is 0.917. The molecule has 1 unspecified atom stereocenters. The zero-order chi connectivity index (χ0) is 15.0. The number of hydrogen-bond acceptors (Lipinski definition) is 2. The highest BCUT2D eigenvalue weighted by atomic mass is 19.1. The molecule has 1 atom stereocenters. The maximum atomic E-state index is 13.4. The zero-order valence-corrected chi connectivity index (χ0v) is 12.2. The van der Waals surface area contributed by atoms with E-state index in [1.165, 1.54) is 12.1 Å². The molecular weight excluding hydrogens is 272 g/mol. The van der Waals surface area contributed by atoms with Crippen LogP contribution in [0.5, 0.6) is 0 Å². The summed E-state index contributed by atoms with van der Waals surface area (Å²) in [5.41, 5.74) is 0.422. The average Bonchev–Trinajstić information content (AvgIpc) is 3.07. The molecule has 0 spiro atoms. The summed E-state index contributed by atoms with van der Waals surface area (Å²) in [7, 11) is 0. The van der Waals surface area contributed by atoms with Gasteiger partial charge in [0, 0.05) is 36.6 Å². The van der Waals surface area contributed by atoms with Crippen LogP contribution in [0.15, 0.2) is 30.6 Å². The first-order chi connectivity index (χ1) is 9.98. The lowest BCUT2D eigenvalue weighted by Gasteiger charge is -2.24. The number of rotatable bonds is 5. The molecule has 1 heterocycles. The Morgan fingerprint density at radius 1 is 1.29 bits per heavy atom. The molecule has 1 aromatic carbocycles. The number of halogens is 2. The van der Waals surface area contributed by atoms with Crippen molar-refractivity contribution in [2.45, 2.75) is 44.8 Å². The fourth-order valence-corrected chi connectivity index (χ4v) is 2.88. The second kappa shape index (κ2) is 5.22. The predicted molar refractivity (Wildman–Crippen MR) is 76.8 cm³/mol. The fourth-order valence-electron chi connectivity index (χ4n) is 2.88. The highest BCUT2D eigenvalue weighted by Gasteiger charge is 2.45. The third kappa shape index (κ3) is 2.97. The highest BCUT2D eigenvalue weighted by molar-refractivity contribution is 5.31. The van der Waals surface area contributed by atoms with Gasteiger partial charge in [-0.25, -0.2) is 13.8 Å². The van der Waals surface area contributed by atoms with E-state index in [1.807, 2.05) is 13.1 Å². The Hall–Kier alpha value is -1.75. The number of aromatic nitrogens is 2. The molecule has 1 fully saturated rings. The van der Waals surface area contributed by atoms with Crippen LogP contribution >= 0.6 is 0 Å². The van der Waals surface area contributed by atoms with Crippen molar-refractivity contribution in [2.75, 3.05) is 0 Å². The standard InChI is InChI=1S/C16H19F2N3/c1-11(10-21-6-5-19-12(21)2)20-16(3-4-16)13-7-14(17)9-15(18)8-13/h5-9,11,20H,3-4,10H2,1-2H3. The molecule has 1 aromatic heterocycles. The fraction of sp³-hybridized carbons (Fsp3) is 0.438. The van der Waals surface area contributed by atoms with Crippen molar-refractivity contribution < 1.29 is 8.78 Å². The third-order valence-corrected chi connectivity index (χ3v) is 4.08. The Balaban J connectivity index is 1.73. The van der Waals surface area contributed by atoms with E-state index in [0.29, 0.717) is 5.56 Å². The van der Waals surface area contributed by atoms with Crippen LogP contribution in [0, 0.1) is 18.6 Å². The molecule has 0 saturated heterocycles. The van der Waals surface area contributed by atoms with Crippen LogP contribution in [0.3, 0.4) is 0 Å². The van der Waals surface area contributed by atoms with Gasteiger partial charge in [-0.1, -0.05) is 0 Å². The Kier molecular flexibility index (Phi) is 3.53. The van der Waals surface area contributed by atoms with Crippen molar-refractivity contribution in [3.8, 4) is 0 Å². The third-order valence-electron chi connectivity index (χ3n) is 4.08. The maximum Gasteiger partial charge on any atom is 0.126 e. The zero-order valence-electron chi connectivity index (χ0n) is 12.2. The molecule has 0 amide bonds. The van der Waals surface area contributed by atoms with E-state index in [9.17, 15) is 8.78 Å². The molecule has 0 bridgehead atoms. The Morgan fingerprint density at radius 2 is 1.95 bits per heavy atom. The van der Waals surface area contributed by atoms with Crippen LogP contribution in [0.2, 0.25) is 0 Å². The van der Waals surface area contributed by atoms with Crippen molar-refractivity contribution in [3.05, 3.63) is 53.6 Å². The Morgan fingerprint density at radius 3 is 2.48 bits per heavy atom. The number of nitrogens with one attached hydrogen (secondary N) is 1. The van der Waals surface area contributed by atoms with Gasteiger partial charge in [-0.2, -0.15) is 0 Å². The average molecular weight is 291 g/mol. The van der Waals surface area contributed by atoms with E-state index in [0.717, 1.165) is 31.3 Å². The second-order valence-corrected chi connectivity index (χ2v) is 5.91. The lowest BCUT2D eigenvalue weighted by molar-refractivity contribution is 0.395. The van der Waals surface area contributed by atoms with Gasteiger partial charge in [0.25, 0.3) is 0 Å². The normalized spacial score (nSPS) is 17.7. The Labute approximate surface area is 123 Å². The summed E-state index contributed by atoms with van der Waals surface area (Å²) in [5.74, 6) is -0.0716. The SMILES string of the molecule is Cc1nccn1CC(C)NC1(c2cc(F)cc(F)c2)CC1. The molecule has 3 rings (SSSR count). The van der Waals surface area contributed by atoms with Crippen molar-refractivity contribution in [1.82, 2.24) is 14.9 Å². The molecule has 1 aliphatic rings. The van der Waals surface area contributed by atoms with Gasteiger partial charge >= 0.3 is 0 Å². The molecule has 1 N–H and O–H groups in total. The maximum absolute atomic E-state index is 13.4. The molecule has 21 heavy (non-hydrogen) atoms. The summed E-state index contributed by atoms with van der Waals surface area (Å²) in [4.78, 5) is 4.20. The van der Waals surface area contributed by atoms with E-state index in [-0.39, 0.29) is 11.6 Å². The van der Waals surface area contributed by atoms with E-state index in [4.69, 9.17) is 0 Å². The van der Waals surface area contributed by atoms with Gasteiger partial charge in [-0.15, -0.1) is 0 Å². The van der Waals surface area contributed by atoms with Gasteiger partial charge in [0.1, 0.15) is 17.5 Å². The number of aryl methyl sites for hydroxylation is 1. The van der Waals surface area contributed by atoms with Crippen molar-refractivity contribution >= 4 is 0 Å². The minimum absolute atomic E-state index is 0.187. The van der Waals surface area contributed by atoms with Crippen molar-refractivity contribution in [3.63, 3.8) is 0 Å². The molecule has 0 radical (unpaired) electrons. The minimum Gasteiger partial charge on any atom is -0.334 e. The van der Waals surface area contributed by atoms with Crippen LogP contribution in [0.1, 0.15) is 31.2 Å². The van der Waals surface area contributed by atoms with Crippen molar-refractivity contribution in [1.29, 1.82) is 0 Å². The molecule has 112 valence electrons. The second-order valence-electron chi connectivity index (χ2n) is 5.91. The van der Waals surface area contributed by atoms with Gasteiger partial charge in [0.05, 0.1) is 0 Å². The molecule has 1 aliphatic carbocycles. The molecule has 0 aliphatic heterocycles. The van der Waals surface area contributed by atoms with E-state index >= 15 is 0 Å². The van der Waals surface area contributed by atoms with E-state index in [2.05, 4.69) is 21.8 Å². The summed E-state index contributed by atoms with van der Waals surface area (Å²) in [5, 5.41) is 3.52. The summed E-state index contributed by atoms with van der Waals surface area (Å²) in [6, 6.07) is 3.96. The summed E-state index contributed by atoms with van der Waals surface area (Å²) >= 11 is 0. The molecule has 3 nitrogen and oxygen atoms in total. The van der Waals surface area contributed by atoms with Gasteiger partial charge < -0.3 is 9.88 Å². The molecule has 2 aromatic rings. The number of benzene rings is 1. The first-order valence-electron chi connectivity index (χ1n) is 7.20. The van der Waals surface area contributed by atoms with Gasteiger partial charge in [-0.05, 0) is 44.4 Å². The lowest BCUT2D eigenvalue weighted by Crippen LogP contribution is -2.39.